The molecule has 0 atom stereocenters. The van der Waals surface area contributed by atoms with E-state index < -0.39 is 0 Å². The Hall–Kier alpha value is -2.37. The second kappa shape index (κ2) is 11.4. The normalized spacial score (nSPS) is 18.5. The number of likely N-dealkylation sites (tertiary alicyclic amines) is 2. The maximum Gasteiger partial charge on any atom is 0.194 e. The van der Waals surface area contributed by atoms with Crippen molar-refractivity contribution in [3.05, 3.63) is 47.5 Å². The van der Waals surface area contributed by atoms with Crippen molar-refractivity contribution in [2.24, 2.45) is 0 Å². The van der Waals surface area contributed by atoms with E-state index in [-0.39, 0.29) is 5.78 Å². The van der Waals surface area contributed by atoms with Crippen LogP contribution in [0.4, 0.5) is 0 Å². The maximum atomic E-state index is 13.1. The molecule has 1 aliphatic carbocycles. The van der Waals surface area contributed by atoms with Crippen LogP contribution in [0.1, 0.15) is 67.3 Å². The molecule has 2 fully saturated rings. The van der Waals surface area contributed by atoms with Gasteiger partial charge in [0.15, 0.2) is 5.78 Å². The highest BCUT2D eigenvalue weighted by molar-refractivity contribution is 6.22. The average molecular weight is 463 g/mol. The van der Waals surface area contributed by atoms with Gasteiger partial charge in [-0.15, -0.1) is 0 Å². The Morgan fingerprint density at radius 1 is 0.588 bits per heavy atom. The number of nitrogens with zero attached hydrogens (tertiary/aromatic N) is 2. The van der Waals surface area contributed by atoms with Gasteiger partial charge in [-0.25, -0.2) is 0 Å². The van der Waals surface area contributed by atoms with Crippen molar-refractivity contribution in [3.8, 4) is 22.6 Å². The molecule has 2 heterocycles. The zero-order valence-electron chi connectivity index (χ0n) is 20.4. The van der Waals surface area contributed by atoms with Crippen LogP contribution in [0.2, 0.25) is 0 Å². The number of hydrogen-bond donors (Lipinski definition) is 0. The maximum absolute atomic E-state index is 13.1. The molecule has 2 saturated heterocycles. The summed E-state index contributed by atoms with van der Waals surface area (Å²) in [5.41, 5.74) is 3.48. The topological polar surface area (TPSA) is 42.0 Å². The van der Waals surface area contributed by atoms with Crippen LogP contribution in [-0.2, 0) is 0 Å². The van der Waals surface area contributed by atoms with E-state index in [1.807, 2.05) is 36.4 Å². The third kappa shape index (κ3) is 5.64. The van der Waals surface area contributed by atoms with E-state index in [9.17, 15) is 4.79 Å². The monoisotopic (exact) mass is 462 g/mol. The number of carbonyl (C=O) groups is 1. The molecule has 0 amide bonds. The predicted molar refractivity (Wildman–Crippen MR) is 136 cm³/mol. The van der Waals surface area contributed by atoms with Gasteiger partial charge in [-0.1, -0.05) is 12.8 Å². The van der Waals surface area contributed by atoms with Crippen molar-refractivity contribution in [1.82, 2.24) is 9.80 Å². The highest BCUT2D eigenvalue weighted by Crippen LogP contribution is 2.39. The van der Waals surface area contributed by atoms with E-state index in [1.54, 1.807) is 0 Å². The summed E-state index contributed by atoms with van der Waals surface area (Å²) in [5.74, 6) is 1.64. The van der Waals surface area contributed by atoms with Crippen LogP contribution in [0.25, 0.3) is 11.1 Å². The summed E-state index contributed by atoms with van der Waals surface area (Å²) in [6, 6.07) is 11.9. The van der Waals surface area contributed by atoms with Crippen LogP contribution in [0.15, 0.2) is 36.4 Å². The minimum atomic E-state index is 0.0718. The number of carbonyl (C=O) groups excluding carboxylic acids is 1. The molecule has 0 N–H and O–H groups in total. The minimum Gasteiger partial charge on any atom is -0.494 e. The standard InChI is InChI=1S/C29H38N2O3/c32-29-27-21-23(33-19-7-17-30-13-3-1-4-14-30)9-11-25(27)26-12-10-24(22-28(26)29)34-20-8-18-31-15-5-2-6-16-31/h9-12,21-22H,1-8,13-20H2. The zero-order chi connectivity index (χ0) is 23.2. The number of ether oxygens (including phenoxy) is 2. The van der Waals surface area contributed by atoms with E-state index in [0.29, 0.717) is 13.2 Å². The number of fused-ring (bicyclic) bond motifs is 3. The molecule has 5 nitrogen and oxygen atoms in total. The lowest BCUT2D eigenvalue weighted by molar-refractivity contribution is 0.104. The van der Waals surface area contributed by atoms with E-state index in [4.69, 9.17) is 9.47 Å². The van der Waals surface area contributed by atoms with Gasteiger partial charge in [0.1, 0.15) is 11.5 Å². The van der Waals surface area contributed by atoms with Gasteiger partial charge in [0.2, 0.25) is 0 Å². The van der Waals surface area contributed by atoms with Crippen molar-refractivity contribution >= 4 is 5.78 Å². The van der Waals surface area contributed by atoms with Gasteiger partial charge in [-0.3, -0.25) is 4.79 Å². The summed E-state index contributed by atoms with van der Waals surface area (Å²) >= 11 is 0. The van der Waals surface area contributed by atoms with Crippen LogP contribution in [0, 0.1) is 0 Å². The van der Waals surface area contributed by atoms with E-state index in [0.717, 1.165) is 59.7 Å². The van der Waals surface area contributed by atoms with Crippen LogP contribution < -0.4 is 9.47 Å². The molecule has 2 aliphatic heterocycles. The van der Waals surface area contributed by atoms with Crippen LogP contribution in [0.5, 0.6) is 11.5 Å². The quantitative estimate of drug-likeness (QED) is 0.377. The SMILES string of the molecule is O=C1c2cc(OCCCN3CCCCC3)ccc2-c2ccc(OCCCN3CCCCC3)cc21. The van der Waals surface area contributed by atoms with E-state index in [2.05, 4.69) is 9.80 Å². The second-order valence-electron chi connectivity index (χ2n) is 9.95. The predicted octanol–water partition coefficient (Wildman–Crippen LogP) is 5.41. The molecule has 0 bridgehead atoms. The molecule has 0 unspecified atom stereocenters. The fraction of sp³-hybridized carbons (Fsp3) is 0.552. The summed E-state index contributed by atoms with van der Waals surface area (Å²) in [7, 11) is 0. The Morgan fingerprint density at radius 3 is 1.47 bits per heavy atom. The zero-order valence-corrected chi connectivity index (χ0v) is 20.4. The average Bonchev–Trinajstić information content (AvgIpc) is 3.16. The fourth-order valence-electron chi connectivity index (χ4n) is 5.54. The number of hydrogen-bond acceptors (Lipinski definition) is 5. The lowest BCUT2D eigenvalue weighted by atomic mass is 10.1. The largest absolute Gasteiger partial charge is 0.494 e. The first-order valence-electron chi connectivity index (χ1n) is 13.3. The minimum absolute atomic E-state index is 0.0718. The fourth-order valence-corrected chi connectivity index (χ4v) is 5.54. The third-order valence-corrected chi connectivity index (χ3v) is 7.43. The molecule has 5 rings (SSSR count). The third-order valence-electron chi connectivity index (χ3n) is 7.43. The Morgan fingerprint density at radius 2 is 1.03 bits per heavy atom. The van der Waals surface area contributed by atoms with E-state index in [1.165, 1.54) is 64.7 Å². The van der Waals surface area contributed by atoms with Crippen molar-refractivity contribution in [2.45, 2.75) is 51.4 Å². The Labute approximate surface area is 204 Å². The first kappa shape index (κ1) is 23.4. The number of piperidine rings is 2. The molecule has 2 aromatic rings. The van der Waals surface area contributed by atoms with Gasteiger partial charge in [-0.2, -0.15) is 0 Å². The molecule has 0 aromatic heterocycles. The van der Waals surface area contributed by atoms with Crippen molar-refractivity contribution < 1.29 is 14.3 Å². The summed E-state index contributed by atoms with van der Waals surface area (Å²) in [6.45, 7) is 8.43. The second-order valence-corrected chi connectivity index (χ2v) is 9.95. The van der Waals surface area contributed by atoms with Gasteiger partial charge in [0, 0.05) is 24.2 Å². The van der Waals surface area contributed by atoms with Crippen LogP contribution >= 0.6 is 0 Å². The molecular formula is C29H38N2O3. The summed E-state index contributed by atoms with van der Waals surface area (Å²) < 4.78 is 12.0. The highest BCUT2D eigenvalue weighted by Gasteiger charge is 2.27. The highest BCUT2D eigenvalue weighted by atomic mass is 16.5. The Kier molecular flexibility index (Phi) is 7.82. The molecule has 5 heteroatoms. The first-order chi connectivity index (χ1) is 16.8. The molecule has 0 radical (unpaired) electrons. The Bertz CT molecular complexity index is 900. The van der Waals surface area contributed by atoms with Crippen molar-refractivity contribution in [2.75, 3.05) is 52.5 Å². The van der Waals surface area contributed by atoms with Gasteiger partial charge in [0.25, 0.3) is 0 Å². The molecule has 182 valence electrons. The van der Waals surface area contributed by atoms with Crippen LogP contribution in [0.3, 0.4) is 0 Å². The number of rotatable bonds is 10. The van der Waals surface area contributed by atoms with E-state index >= 15 is 0 Å². The van der Waals surface area contributed by atoms with Gasteiger partial charge in [-0.05, 0) is 112 Å². The smallest absolute Gasteiger partial charge is 0.194 e. The first-order valence-corrected chi connectivity index (χ1v) is 13.3. The molecular weight excluding hydrogens is 424 g/mol. The number of ketones is 1. The molecule has 0 saturated carbocycles. The van der Waals surface area contributed by atoms with Gasteiger partial charge in [0.05, 0.1) is 13.2 Å². The van der Waals surface area contributed by atoms with Gasteiger partial charge < -0.3 is 19.3 Å². The molecule has 2 aromatic carbocycles. The van der Waals surface area contributed by atoms with Crippen molar-refractivity contribution in [1.29, 1.82) is 0 Å². The summed E-state index contributed by atoms with van der Waals surface area (Å²) in [5, 5.41) is 0. The molecule has 0 spiro atoms. The molecule has 34 heavy (non-hydrogen) atoms. The van der Waals surface area contributed by atoms with Crippen molar-refractivity contribution in [3.63, 3.8) is 0 Å². The Balaban J connectivity index is 1.12. The van der Waals surface area contributed by atoms with Crippen LogP contribution in [-0.4, -0.2) is 68.1 Å². The summed E-state index contributed by atoms with van der Waals surface area (Å²) in [6.07, 6.45) is 10.0. The van der Waals surface area contributed by atoms with Gasteiger partial charge >= 0.3 is 0 Å². The molecule has 3 aliphatic rings. The lowest BCUT2D eigenvalue weighted by Crippen LogP contribution is -2.31. The number of benzene rings is 2. The summed E-state index contributed by atoms with van der Waals surface area (Å²) in [4.78, 5) is 18.2. The lowest BCUT2D eigenvalue weighted by Gasteiger charge is -2.26.